The number of furan rings is 2. The van der Waals surface area contributed by atoms with Crippen LogP contribution in [0.2, 0.25) is 0 Å². The van der Waals surface area contributed by atoms with Crippen LogP contribution >= 0.6 is 0 Å². The van der Waals surface area contributed by atoms with E-state index in [4.69, 9.17) is 8.83 Å². The van der Waals surface area contributed by atoms with E-state index >= 15 is 0 Å². The normalized spacial score (nSPS) is 16.3. The summed E-state index contributed by atoms with van der Waals surface area (Å²) in [4.78, 5) is 5.09. The van der Waals surface area contributed by atoms with E-state index in [0.717, 1.165) is 104 Å². The van der Waals surface area contributed by atoms with Gasteiger partial charge in [0.2, 0.25) is 0 Å². The third-order valence-electron chi connectivity index (χ3n) is 12.6. The molecule has 2 saturated heterocycles. The van der Waals surface area contributed by atoms with E-state index in [1.165, 1.54) is 58.6 Å². The minimum Gasteiger partial charge on any atom is -0.455 e. The number of nitrogens with zero attached hydrogens (tertiary/aromatic N) is 2. The molecule has 7 aromatic carbocycles. The maximum absolute atomic E-state index is 7.15. The van der Waals surface area contributed by atoms with Gasteiger partial charge in [0.25, 0.3) is 0 Å². The highest BCUT2D eigenvalue weighted by Gasteiger charge is 2.27. The van der Waals surface area contributed by atoms with Crippen LogP contribution in [0.3, 0.4) is 0 Å². The van der Waals surface area contributed by atoms with Crippen molar-refractivity contribution in [2.24, 2.45) is 11.8 Å². The summed E-state index contributed by atoms with van der Waals surface area (Å²) in [6.45, 7) is 9.20. The average molecular weight is 705 g/mol. The summed E-state index contributed by atoms with van der Waals surface area (Å²) < 4.78 is 14.3. The van der Waals surface area contributed by atoms with Crippen molar-refractivity contribution in [1.82, 2.24) is 0 Å². The van der Waals surface area contributed by atoms with Gasteiger partial charge in [-0.05, 0) is 119 Å². The van der Waals surface area contributed by atoms with Crippen molar-refractivity contribution in [3.63, 3.8) is 0 Å². The Labute approximate surface area is 315 Å². The molecule has 0 bridgehead atoms. The van der Waals surface area contributed by atoms with Crippen LogP contribution in [0.5, 0.6) is 0 Å². The molecule has 0 spiro atoms. The van der Waals surface area contributed by atoms with Crippen molar-refractivity contribution in [2.45, 2.75) is 39.5 Å². The molecular formula is C50H44N2O2. The number of anilines is 2. The van der Waals surface area contributed by atoms with Crippen LogP contribution < -0.4 is 9.80 Å². The van der Waals surface area contributed by atoms with E-state index in [1.807, 2.05) is 0 Å². The lowest BCUT2D eigenvalue weighted by atomic mass is 9.90. The minimum atomic E-state index is 0.798. The third-order valence-corrected chi connectivity index (χ3v) is 12.6. The molecule has 0 saturated carbocycles. The van der Waals surface area contributed by atoms with Crippen LogP contribution in [0.25, 0.3) is 87.7 Å². The van der Waals surface area contributed by atoms with Gasteiger partial charge < -0.3 is 18.6 Å². The first kappa shape index (κ1) is 31.8. The Balaban J connectivity index is 1.19. The monoisotopic (exact) mass is 704 g/mol. The molecule has 9 aromatic rings. The number of hydrogen-bond donors (Lipinski definition) is 0. The molecule has 266 valence electrons. The summed E-state index contributed by atoms with van der Waals surface area (Å²) in [6.07, 6.45) is 4.98. The minimum absolute atomic E-state index is 0.798. The molecule has 0 atom stereocenters. The van der Waals surface area contributed by atoms with Gasteiger partial charge in [0.1, 0.15) is 22.3 Å². The Morgan fingerprint density at radius 1 is 0.444 bits per heavy atom. The summed E-state index contributed by atoms with van der Waals surface area (Å²) in [7, 11) is 0. The summed E-state index contributed by atoms with van der Waals surface area (Å²) in [5, 5.41) is 9.28. The number of benzene rings is 7. The number of piperidine rings is 2. The van der Waals surface area contributed by atoms with Crippen molar-refractivity contribution in [3.8, 4) is 22.3 Å². The molecule has 4 nitrogen and oxygen atoms in total. The molecule has 4 heterocycles. The third kappa shape index (κ3) is 5.10. The van der Waals surface area contributed by atoms with Crippen molar-refractivity contribution >= 4 is 76.8 Å². The highest BCUT2D eigenvalue weighted by Crippen LogP contribution is 2.51. The summed E-state index contributed by atoms with van der Waals surface area (Å²) in [5.74, 6) is 1.60. The predicted molar refractivity (Wildman–Crippen MR) is 228 cm³/mol. The second-order valence-corrected chi connectivity index (χ2v) is 16.2. The van der Waals surface area contributed by atoms with Crippen molar-refractivity contribution in [1.29, 1.82) is 0 Å². The maximum atomic E-state index is 7.15. The van der Waals surface area contributed by atoms with E-state index in [-0.39, 0.29) is 0 Å². The van der Waals surface area contributed by atoms with Crippen LogP contribution in [0.1, 0.15) is 39.5 Å². The van der Waals surface area contributed by atoms with Gasteiger partial charge in [-0.1, -0.05) is 86.6 Å². The summed E-state index contributed by atoms with van der Waals surface area (Å²) in [5.41, 5.74) is 10.6. The Bertz CT molecular complexity index is 2670. The molecular weight excluding hydrogens is 661 g/mol. The van der Waals surface area contributed by atoms with Gasteiger partial charge in [-0.2, -0.15) is 0 Å². The van der Waals surface area contributed by atoms with Gasteiger partial charge >= 0.3 is 0 Å². The largest absolute Gasteiger partial charge is 0.455 e. The van der Waals surface area contributed by atoms with Crippen LogP contribution in [0.15, 0.2) is 130 Å². The van der Waals surface area contributed by atoms with E-state index in [2.05, 4.69) is 145 Å². The predicted octanol–water partition coefficient (Wildman–Crippen LogP) is 13.6. The fraction of sp³-hybridized carbons (Fsp3) is 0.240. The Morgan fingerprint density at radius 3 is 1.26 bits per heavy atom. The zero-order valence-electron chi connectivity index (χ0n) is 31.1. The number of fused-ring (bicyclic) bond motifs is 8. The molecule has 2 aliphatic heterocycles. The van der Waals surface area contributed by atoms with Crippen LogP contribution in [-0.2, 0) is 0 Å². The van der Waals surface area contributed by atoms with Crippen LogP contribution in [-0.4, -0.2) is 26.2 Å². The van der Waals surface area contributed by atoms with Gasteiger partial charge in [0, 0.05) is 70.2 Å². The van der Waals surface area contributed by atoms with E-state index in [9.17, 15) is 0 Å². The Kier molecular flexibility index (Phi) is 7.30. The topological polar surface area (TPSA) is 32.8 Å². The van der Waals surface area contributed by atoms with Crippen molar-refractivity contribution < 1.29 is 8.83 Å². The second kappa shape index (κ2) is 12.4. The first-order chi connectivity index (χ1) is 26.6. The van der Waals surface area contributed by atoms with Crippen molar-refractivity contribution in [2.75, 3.05) is 36.0 Å². The van der Waals surface area contributed by atoms with Gasteiger partial charge in [-0.25, -0.2) is 0 Å². The number of rotatable bonds is 4. The number of hydrogen-bond acceptors (Lipinski definition) is 4. The fourth-order valence-electron chi connectivity index (χ4n) is 9.42. The van der Waals surface area contributed by atoms with Gasteiger partial charge in [-0.15, -0.1) is 0 Å². The molecule has 0 radical (unpaired) electrons. The first-order valence-electron chi connectivity index (χ1n) is 19.9. The molecule has 2 aromatic heterocycles. The zero-order valence-corrected chi connectivity index (χ0v) is 31.1. The van der Waals surface area contributed by atoms with Gasteiger partial charge in [0.05, 0.1) is 0 Å². The molecule has 0 unspecified atom stereocenters. The Hall–Kier alpha value is -5.74. The Morgan fingerprint density at radius 2 is 0.852 bits per heavy atom. The summed E-state index contributed by atoms with van der Waals surface area (Å²) >= 11 is 0. The quantitative estimate of drug-likeness (QED) is 0.183. The van der Waals surface area contributed by atoms with Gasteiger partial charge in [0.15, 0.2) is 0 Å². The molecule has 0 amide bonds. The standard InChI is InChI=1S/C50H44N2O2/c1-31-17-21-51(22-18-31)39-15-13-35-27-41-43(29-37(35)25-39)53-49-46(34-11-7-4-8-12-34)48-42-28-36-14-16-40(52-23-19-32(2)20-24-52)26-38(36)30-44(42)54-50(48)45(47(41)49)33-9-5-3-6-10-33/h3-16,25-32H,17-24H2,1-2H3. The van der Waals surface area contributed by atoms with E-state index in [1.54, 1.807) is 0 Å². The van der Waals surface area contributed by atoms with E-state index < -0.39 is 0 Å². The molecule has 11 rings (SSSR count). The lowest BCUT2D eigenvalue weighted by Crippen LogP contribution is -2.32. The van der Waals surface area contributed by atoms with Gasteiger partial charge in [-0.3, -0.25) is 0 Å². The lowest BCUT2D eigenvalue weighted by Gasteiger charge is -2.32. The van der Waals surface area contributed by atoms with Crippen LogP contribution in [0.4, 0.5) is 11.4 Å². The average Bonchev–Trinajstić information content (AvgIpc) is 3.76. The lowest BCUT2D eigenvalue weighted by molar-refractivity contribution is 0.438. The molecule has 2 aliphatic rings. The zero-order chi connectivity index (χ0) is 35.9. The molecule has 2 fully saturated rings. The fourth-order valence-corrected chi connectivity index (χ4v) is 9.42. The highest BCUT2D eigenvalue weighted by atomic mass is 16.3. The molecule has 4 heteroatoms. The van der Waals surface area contributed by atoms with Crippen LogP contribution in [0, 0.1) is 11.8 Å². The second-order valence-electron chi connectivity index (χ2n) is 16.2. The smallest absolute Gasteiger partial charge is 0.144 e. The first-order valence-corrected chi connectivity index (χ1v) is 19.9. The SMILES string of the molecule is CC1CCN(c2ccc3cc4c(cc3c2)oc2c(-c3ccccc3)c3c(oc5cc6cc(N7CCC(C)CC7)ccc6cc53)c(-c3ccccc3)c24)CC1. The van der Waals surface area contributed by atoms with Crippen molar-refractivity contribution in [3.05, 3.63) is 121 Å². The molecule has 54 heavy (non-hydrogen) atoms. The molecule has 0 N–H and O–H groups in total. The summed E-state index contributed by atoms with van der Waals surface area (Å²) in [6, 6.07) is 44.6. The van der Waals surface area contributed by atoms with E-state index in [0.29, 0.717) is 0 Å². The maximum Gasteiger partial charge on any atom is 0.144 e. The highest BCUT2D eigenvalue weighted by molar-refractivity contribution is 6.31. The molecule has 0 aliphatic carbocycles.